The highest BCUT2D eigenvalue weighted by Gasteiger charge is 2.20. The van der Waals surface area contributed by atoms with Crippen LogP contribution >= 0.6 is 24.0 Å². The van der Waals surface area contributed by atoms with E-state index in [4.69, 9.17) is 14.0 Å². The second-order valence-electron chi connectivity index (χ2n) is 7.19. The van der Waals surface area contributed by atoms with E-state index < -0.39 is 0 Å². The Labute approximate surface area is 204 Å². The highest BCUT2D eigenvalue weighted by atomic mass is 127. The summed E-state index contributed by atoms with van der Waals surface area (Å²) >= 11 is 0. The fourth-order valence-electron chi connectivity index (χ4n) is 3.25. The van der Waals surface area contributed by atoms with Gasteiger partial charge in [-0.1, -0.05) is 36.3 Å². The first-order valence-electron chi connectivity index (χ1n) is 10.5. The monoisotopic (exact) mass is 549 g/mol. The maximum absolute atomic E-state index is 5.97. The minimum absolute atomic E-state index is 0. The SMILES string of the molecule is CCc1noc(-c2ccc(CCNC(=NC)NCC3COc4ccccc4O3)cc2)n1.I. The third-order valence-electron chi connectivity index (χ3n) is 4.98. The minimum atomic E-state index is -0.0704. The number of hydrogen-bond donors (Lipinski definition) is 2. The number of nitrogens with one attached hydrogen (secondary N) is 2. The molecule has 0 radical (unpaired) electrons. The van der Waals surface area contributed by atoms with Gasteiger partial charge in [0.2, 0.25) is 0 Å². The van der Waals surface area contributed by atoms with Crippen molar-refractivity contribution in [3.05, 3.63) is 59.9 Å². The quantitative estimate of drug-likeness (QED) is 0.265. The minimum Gasteiger partial charge on any atom is -0.486 e. The largest absolute Gasteiger partial charge is 0.486 e. The topological polar surface area (TPSA) is 93.8 Å². The summed E-state index contributed by atoms with van der Waals surface area (Å²) in [5.74, 6) is 3.58. The summed E-state index contributed by atoms with van der Waals surface area (Å²) < 4.78 is 17.0. The van der Waals surface area contributed by atoms with Gasteiger partial charge in [0.05, 0.1) is 6.54 Å². The highest BCUT2D eigenvalue weighted by molar-refractivity contribution is 14.0. The Hall–Kier alpha value is -2.82. The summed E-state index contributed by atoms with van der Waals surface area (Å²) in [5, 5.41) is 10.6. The van der Waals surface area contributed by atoms with Gasteiger partial charge in [0, 0.05) is 25.6 Å². The fraction of sp³-hybridized carbons (Fsp3) is 0.348. The summed E-state index contributed by atoms with van der Waals surface area (Å²) in [6.07, 6.45) is 1.55. The molecule has 4 rings (SSSR count). The normalized spacial score (nSPS) is 15.1. The second-order valence-corrected chi connectivity index (χ2v) is 7.19. The van der Waals surface area contributed by atoms with E-state index in [1.165, 1.54) is 5.56 Å². The van der Waals surface area contributed by atoms with Crippen molar-refractivity contribution in [2.24, 2.45) is 4.99 Å². The van der Waals surface area contributed by atoms with Crippen molar-refractivity contribution in [2.45, 2.75) is 25.9 Å². The van der Waals surface area contributed by atoms with Crippen molar-refractivity contribution < 1.29 is 14.0 Å². The summed E-state index contributed by atoms with van der Waals surface area (Å²) in [4.78, 5) is 8.65. The number of aromatic nitrogens is 2. The smallest absolute Gasteiger partial charge is 0.257 e. The Bertz CT molecular complexity index is 1020. The molecule has 0 bridgehead atoms. The maximum Gasteiger partial charge on any atom is 0.257 e. The number of nitrogens with zero attached hydrogens (tertiary/aromatic N) is 3. The lowest BCUT2D eigenvalue weighted by Gasteiger charge is -2.27. The van der Waals surface area contributed by atoms with Crippen LogP contribution in [0.25, 0.3) is 11.5 Å². The zero-order valence-electron chi connectivity index (χ0n) is 18.2. The number of hydrogen-bond acceptors (Lipinski definition) is 6. The van der Waals surface area contributed by atoms with Gasteiger partial charge in [-0.05, 0) is 36.2 Å². The predicted molar refractivity (Wildman–Crippen MR) is 134 cm³/mol. The van der Waals surface area contributed by atoms with Gasteiger partial charge >= 0.3 is 0 Å². The molecule has 1 aliphatic rings. The molecule has 3 aromatic rings. The molecule has 2 heterocycles. The van der Waals surface area contributed by atoms with Crippen LogP contribution in [0, 0.1) is 0 Å². The molecule has 9 heteroatoms. The molecule has 1 aliphatic heterocycles. The van der Waals surface area contributed by atoms with Gasteiger partial charge in [-0.3, -0.25) is 4.99 Å². The maximum atomic E-state index is 5.97. The molecule has 32 heavy (non-hydrogen) atoms. The van der Waals surface area contributed by atoms with Crippen LogP contribution in [0.3, 0.4) is 0 Å². The van der Waals surface area contributed by atoms with E-state index in [1.807, 2.05) is 43.3 Å². The molecular formula is C23H28IN5O3. The van der Waals surface area contributed by atoms with Gasteiger partial charge in [0.15, 0.2) is 23.3 Å². The van der Waals surface area contributed by atoms with Crippen LogP contribution in [-0.4, -0.2) is 48.9 Å². The highest BCUT2D eigenvalue weighted by Crippen LogP contribution is 2.30. The Morgan fingerprint density at radius 3 is 2.59 bits per heavy atom. The number of halogens is 1. The van der Waals surface area contributed by atoms with E-state index in [0.717, 1.165) is 48.2 Å². The van der Waals surface area contributed by atoms with E-state index in [0.29, 0.717) is 19.0 Å². The van der Waals surface area contributed by atoms with Gasteiger partial charge in [0.1, 0.15) is 12.7 Å². The summed E-state index contributed by atoms with van der Waals surface area (Å²) in [6, 6.07) is 15.9. The molecule has 1 unspecified atom stereocenters. The number of aryl methyl sites for hydroxylation is 1. The molecule has 0 fully saturated rings. The van der Waals surface area contributed by atoms with Crippen LogP contribution in [0.15, 0.2) is 58.0 Å². The molecule has 0 aliphatic carbocycles. The standard InChI is InChI=1S/C23H27N5O3.HI/c1-3-21-27-22(31-28-21)17-10-8-16(9-11-17)12-13-25-23(24-2)26-14-18-15-29-19-6-4-5-7-20(19)30-18;/h4-11,18H,3,12-15H2,1-2H3,(H2,24,25,26);1H. The zero-order valence-corrected chi connectivity index (χ0v) is 20.5. The molecule has 0 amide bonds. The lowest BCUT2D eigenvalue weighted by atomic mass is 10.1. The van der Waals surface area contributed by atoms with Gasteiger partial charge in [0.25, 0.3) is 5.89 Å². The number of rotatable bonds is 7. The van der Waals surface area contributed by atoms with Crippen molar-refractivity contribution in [2.75, 3.05) is 26.7 Å². The fourth-order valence-corrected chi connectivity index (χ4v) is 3.25. The molecule has 2 N–H and O–H groups in total. The number of guanidine groups is 1. The molecule has 0 spiro atoms. The number of fused-ring (bicyclic) bond motifs is 1. The Morgan fingerprint density at radius 1 is 1.09 bits per heavy atom. The van der Waals surface area contributed by atoms with Gasteiger partial charge in [-0.2, -0.15) is 4.98 Å². The third kappa shape index (κ3) is 6.12. The first-order chi connectivity index (χ1) is 15.2. The third-order valence-corrected chi connectivity index (χ3v) is 4.98. The summed E-state index contributed by atoms with van der Waals surface area (Å²) in [5.41, 5.74) is 2.14. The summed E-state index contributed by atoms with van der Waals surface area (Å²) in [6.45, 7) is 3.87. The molecule has 0 saturated carbocycles. The van der Waals surface area contributed by atoms with Crippen molar-refractivity contribution >= 4 is 29.9 Å². The van der Waals surface area contributed by atoms with Crippen LogP contribution in [0.1, 0.15) is 18.3 Å². The Morgan fingerprint density at radius 2 is 1.88 bits per heavy atom. The van der Waals surface area contributed by atoms with Crippen molar-refractivity contribution in [3.8, 4) is 23.0 Å². The molecule has 2 aromatic carbocycles. The number of ether oxygens (including phenoxy) is 2. The lowest BCUT2D eigenvalue weighted by molar-refractivity contribution is 0.0936. The van der Waals surface area contributed by atoms with Crippen LogP contribution in [0.4, 0.5) is 0 Å². The number of para-hydroxylation sites is 2. The molecule has 8 nitrogen and oxygen atoms in total. The first-order valence-corrected chi connectivity index (χ1v) is 10.5. The van der Waals surface area contributed by atoms with E-state index in [2.05, 4.69) is 37.9 Å². The van der Waals surface area contributed by atoms with E-state index in [1.54, 1.807) is 7.05 Å². The average Bonchev–Trinajstić information content (AvgIpc) is 3.31. The van der Waals surface area contributed by atoms with Crippen LogP contribution < -0.4 is 20.1 Å². The average molecular weight is 549 g/mol. The molecule has 1 aromatic heterocycles. The number of benzene rings is 2. The molecular weight excluding hydrogens is 521 g/mol. The van der Waals surface area contributed by atoms with E-state index in [-0.39, 0.29) is 30.1 Å². The number of aliphatic imine (C=N–C) groups is 1. The van der Waals surface area contributed by atoms with Gasteiger partial charge in [-0.15, -0.1) is 24.0 Å². The van der Waals surface area contributed by atoms with Crippen molar-refractivity contribution in [1.29, 1.82) is 0 Å². The molecule has 1 atom stereocenters. The van der Waals surface area contributed by atoms with E-state index >= 15 is 0 Å². The predicted octanol–water partition coefficient (Wildman–Crippen LogP) is 3.46. The zero-order chi connectivity index (χ0) is 21.5. The van der Waals surface area contributed by atoms with Gasteiger partial charge < -0.3 is 24.6 Å². The Kier molecular flexibility index (Phi) is 8.72. The van der Waals surface area contributed by atoms with Gasteiger partial charge in [-0.25, -0.2) is 0 Å². The molecule has 170 valence electrons. The second kappa shape index (κ2) is 11.7. The lowest BCUT2D eigenvalue weighted by Crippen LogP contribution is -2.45. The van der Waals surface area contributed by atoms with Crippen LogP contribution in [-0.2, 0) is 12.8 Å². The summed E-state index contributed by atoms with van der Waals surface area (Å²) in [7, 11) is 1.76. The van der Waals surface area contributed by atoms with Crippen LogP contribution in [0.5, 0.6) is 11.5 Å². The van der Waals surface area contributed by atoms with Crippen molar-refractivity contribution in [1.82, 2.24) is 20.8 Å². The first kappa shape index (κ1) is 23.8. The van der Waals surface area contributed by atoms with Crippen LogP contribution in [0.2, 0.25) is 0 Å². The van der Waals surface area contributed by atoms with E-state index in [9.17, 15) is 0 Å². The van der Waals surface area contributed by atoms with Crippen molar-refractivity contribution in [3.63, 3.8) is 0 Å². The molecule has 0 saturated heterocycles. The Balaban J connectivity index is 0.00000289.